The highest BCUT2D eigenvalue weighted by Gasteiger charge is 2.21. The quantitative estimate of drug-likeness (QED) is 0.556. The zero-order valence-corrected chi connectivity index (χ0v) is 6.29. The van der Waals surface area contributed by atoms with Crippen molar-refractivity contribution in [2.45, 2.75) is 18.9 Å². The van der Waals surface area contributed by atoms with Crippen molar-refractivity contribution in [2.24, 2.45) is 5.73 Å². The third kappa shape index (κ3) is 1.68. The fourth-order valence-corrected chi connectivity index (χ4v) is 1.56. The van der Waals surface area contributed by atoms with Gasteiger partial charge < -0.3 is 10.8 Å². The van der Waals surface area contributed by atoms with Crippen LogP contribution in [0.4, 0.5) is 0 Å². The Labute approximate surface area is 61.8 Å². The summed E-state index contributed by atoms with van der Waals surface area (Å²) < 4.78 is 0. The number of aliphatic hydroxyl groups is 1. The zero-order chi connectivity index (χ0) is 7.40. The molecular formula is C7H16N2O. The minimum absolute atomic E-state index is 0.292. The first-order chi connectivity index (χ1) is 4.88. The molecule has 1 rings (SSSR count). The van der Waals surface area contributed by atoms with Crippen molar-refractivity contribution in [2.75, 3.05) is 26.2 Å². The predicted molar refractivity (Wildman–Crippen MR) is 40.7 cm³/mol. The van der Waals surface area contributed by atoms with Crippen molar-refractivity contribution < 1.29 is 5.11 Å². The van der Waals surface area contributed by atoms with E-state index in [9.17, 15) is 0 Å². The maximum atomic E-state index is 8.88. The highest BCUT2D eigenvalue weighted by Crippen LogP contribution is 2.14. The molecule has 1 atom stereocenters. The summed E-state index contributed by atoms with van der Waals surface area (Å²) in [5.41, 5.74) is 5.40. The van der Waals surface area contributed by atoms with E-state index in [1.54, 1.807) is 0 Å². The molecule has 10 heavy (non-hydrogen) atoms. The average molecular weight is 144 g/mol. The molecule has 0 radical (unpaired) electrons. The first kappa shape index (κ1) is 7.98. The lowest BCUT2D eigenvalue weighted by Gasteiger charge is -2.21. The molecule has 1 aliphatic rings. The summed E-state index contributed by atoms with van der Waals surface area (Å²) in [5, 5.41) is 8.88. The normalized spacial score (nSPS) is 27.6. The summed E-state index contributed by atoms with van der Waals surface area (Å²) in [5.74, 6) is 0. The molecule has 60 valence electrons. The van der Waals surface area contributed by atoms with Crippen LogP contribution < -0.4 is 5.73 Å². The Morgan fingerprint density at radius 3 is 3.00 bits per heavy atom. The van der Waals surface area contributed by atoms with E-state index < -0.39 is 0 Å². The molecule has 1 heterocycles. The Morgan fingerprint density at radius 2 is 2.40 bits per heavy atom. The topological polar surface area (TPSA) is 49.5 Å². The second-order valence-corrected chi connectivity index (χ2v) is 2.80. The number of nitrogens with two attached hydrogens (primary N) is 1. The van der Waals surface area contributed by atoms with Crippen molar-refractivity contribution in [1.29, 1.82) is 0 Å². The molecule has 0 amide bonds. The van der Waals surface area contributed by atoms with Gasteiger partial charge >= 0.3 is 0 Å². The Bertz CT molecular complexity index is 97.6. The summed E-state index contributed by atoms with van der Waals surface area (Å²) in [7, 11) is 0. The van der Waals surface area contributed by atoms with Crippen molar-refractivity contribution in [3.05, 3.63) is 0 Å². The van der Waals surface area contributed by atoms with Gasteiger partial charge in [0.1, 0.15) is 0 Å². The molecule has 0 spiro atoms. The molecule has 1 aliphatic heterocycles. The number of rotatable bonds is 3. The third-order valence-electron chi connectivity index (χ3n) is 2.13. The standard InChI is InChI=1S/C7H16N2O/c8-3-5-9-4-1-2-7(9)6-10/h7,10H,1-6,8H2/t7-/m1/s1. The Hall–Kier alpha value is -0.120. The first-order valence-electron chi connectivity index (χ1n) is 3.93. The van der Waals surface area contributed by atoms with Crippen molar-refractivity contribution >= 4 is 0 Å². The predicted octanol–water partition coefficient (Wildman–Crippen LogP) is -0.598. The monoisotopic (exact) mass is 144 g/mol. The summed E-state index contributed by atoms with van der Waals surface area (Å²) >= 11 is 0. The van der Waals surface area contributed by atoms with E-state index in [2.05, 4.69) is 4.90 Å². The number of hydrogen-bond acceptors (Lipinski definition) is 3. The lowest BCUT2D eigenvalue weighted by atomic mass is 10.2. The van der Waals surface area contributed by atoms with Crippen LogP contribution in [0.5, 0.6) is 0 Å². The average Bonchev–Trinajstić information content (AvgIpc) is 2.36. The number of nitrogens with zero attached hydrogens (tertiary/aromatic N) is 1. The summed E-state index contributed by atoms with van der Waals surface area (Å²) in [6.07, 6.45) is 2.35. The largest absolute Gasteiger partial charge is 0.395 e. The lowest BCUT2D eigenvalue weighted by Crippen LogP contribution is -2.35. The van der Waals surface area contributed by atoms with E-state index in [0.717, 1.165) is 19.5 Å². The van der Waals surface area contributed by atoms with Crippen LogP contribution in [0.25, 0.3) is 0 Å². The van der Waals surface area contributed by atoms with E-state index in [1.807, 2.05) is 0 Å². The third-order valence-corrected chi connectivity index (χ3v) is 2.13. The molecule has 0 bridgehead atoms. The van der Waals surface area contributed by atoms with Gasteiger partial charge in [-0.1, -0.05) is 0 Å². The molecule has 3 heteroatoms. The van der Waals surface area contributed by atoms with Gasteiger partial charge in [-0.05, 0) is 19.4 Å². The van der Waals surface area contributed by atoms with Crippen LogP contribution >= 0.6 is 0 Å². The second-order valence-electron chi connectivity index (χ2n) is 2.80. The number of aliphatic hydroxyl groups excluding tert-OH is 1. The minimum Gasteiger partial charge on any atom is -0.395 e. The van der Waals surface area contributed by atoms with E-state index in [1.165, 1.54) is 6.42 Å². The summed E-state index contributed by atoms with van der Waals surface area (Å²) in [4.78, 5) is 2.26. The zero-order valence-electron chi connectivity index (χ0n) is 6.29. The molecular weight excluding hydrogens is 128 g/mol. The number of hydrogen-bond donors (Lipinski definition) is 2. The Morgan fingerprint density at radius 1 is 1.60 bits per heavy atom. The van der Waals surface area contributed by atoms with Gasteiger partial charge in [-0.15, -0.1) is 0 Å². The SMILES string of the molecule is NCCN1CCC[C@@H]1CO. The molecule has 3 nitrogen and oxygen atoms in total. The second kappa shape index (κ2) is 3.91. The van der Waals surface area contributed by atoms with Gasteiger partial charge in [0.15, 0.2) is 0 Å². The van der Waals surface area contributed by atoms with Crippen LogP contribution in [0.2, 0.25) is 0 Å². The molecule has 3 N–H and O–H groups in total. The van der Waals surface area contributed by atoms with Gasteiger partial charge in [0.05, 0.1) is 6.61 Å². The highest BCUT2D eigenvalue weighted by atomic mass is 16.3. The van der Waals surface area contributed by atoms with Crippen LogP contribution in [0.15, 0.2) is 0 Å². The molecule has 0 aromatic rings. The fraction of sp³-hybridized carbons (Fsp3) is 1.00. The fourth-order valence-electron chi connectivity index (χ4n) is 1.56. The molecule has 1 fully saturated rings. The molecule has 0 saturated carbocycles. The van der Waals surface area contributed by atoms with Crippen LogP contribution in [0, 0.1) is 0 Å². The smallest absolute Gasteiger partial charge is 0.0586 e. The molecule has 0 aromatic carbocycles. The van der Waals surface area contributed by atoms with Crippen LogP contribution in [-0.4, -0.2) is 42.3 Å². The minimum atomic E-state index is 0.292. The van der Waals surface area contributed by atoms with Gasteiger partial charge in [-0.2, -0.15) is 0 Å². The molecule has 1 saturated heterocycles. The molecule has 0 unspecified atom stereocenters. The lowest BCUT2D eigenvalue weighted by molar-refractivity contribution is 0.162. The van der Waals surface area contributed by atoms with Gasteiger partial charge in [0.2, 0.25) is 0 Å². The van der Waals surface area contributed by atoms with Gasteiger partial charge in [-0.3, -0.25) is 4.90 Å². The molecule has 0 aromatic heterocycles. The van der Waals surface area contributed by atoms with E-state index in [-0.39, 0.29) is 0 Å². The van der Waals surface area contributed by atoms with Crippen LogP contribution in [0.3, 0.4) is 0 Å². The van der Waals surface area contributed by atoms with Crippen LogP contribution in [-0.2, 0) is 0 Å². The van der Waals surface area contributed by atoms with Gasteiger partial charge in [0.25, 0.3) is 0 Å². The van der Waals surface area contributed by atoms with Crippen LogP contribution in [0.1, 0.15) is 12.8 Å². The summed E-state index contributed by atoms with van der Waals surface area (Å²) in [6.45, 7) is 3.05. The number of likely N-dealkylation sites (tertiary alicyclic amines) is 1. The van der Waals surface area contributed by atoms with Gasteiger partial charge in [-0.25, -0.2) is 0 Å². The molecule has 0 aliphatic carbocycles. The maximum absolute atomic E-state index is 8.88. The Balaban J connectivity index is 2.27. The highest BCUT2D eigenvalue weighted by molar-refractivity contribution is 4.77. The Kier molecular flexibility index (Phi) is 3.12. The summed E-state index contributed by atoms with van der Waals surface area (Å²) in [6, 6.07) is 0.392. The van der Waals surface area contributed by atoms with Crippen molar-refractivity contribution in [3.63, 3.8) is 0 Å². The van der Waals surface area contributed by atoms with E-state index in [4.69, 9.17) is 10.8 Å². The van der Waals surface area contributed by atoms with Crippen molar-refractivity contribution in [3.8, 4) is 0 Å². The maximum Gasteiger partial charge on any atom is 0.0586 e. The van der Waals surface area contributed by atoms with E-state index in [0.29, 0.717) is 19.2 Å². The van der Waals surface area contributed by atoms with E-state index >= 15 is 0 Å². The van der Waals surface area contributed by atoms with Gasteiger partial charge in [0, 0.05) is 19.1 Å². The van der Waals surface area contributed by atoms with Crippen molar-refractivity contribution in [1.82, 2.24) is 4.90 Å². The first-order valence-corrected chi connectivity index (χ1v) is 3.93.